The molecular formula is C16H9BrN2OS3. The number of carbonyl (C=O) groups is 1. The van der Waals surface area contributed by atoms with Crippen molar-refractivity contribution < 1.29 is 4.79 Å². The minimum absolute atomic E-state index is 0.0921. The topological polar surface area (TPSA) is 42.0 Å². The summed E-state index contributed by atoms with van der Waals surface area (Å²) in [5.74, 6) is -0.0921. The molecule has 0 unspecified atom stereocenters. The smallest absolute Gasteiger partial charge is 0.266 e. The number of halogens is 1. The first-order chi connectivity index (χ1) is 11.2. The van der Waals surface area contributed by atoms with Crippen molar-refractivity contribution in [2.24, 2.45) is 0 Å². The van der Waals surface area contributed by atoms with Crippen LogP contribution in [-0.4, -0.2) is 10.9 Å². The third kappa shape index (κ3) is 2.97. The fourth-order valence-electron chi connectivity index (χ4n) is 2.16. The second-order valence-corrected chi connectivity index (χ2v) is 9.12. The quantitative estimate of drug-likeness (QED) is 0.434. The summed E-state index contributed by atoms with van der Waals surface area (Å²) in [6.45, 7) is 0. The van der Waals surface area contributed by atoms with Crippen LogP contribution in [0.15, 0.2) is 51.6 Å². The largest absolute Gasteiger partial charge is 0.312 e. The number of amides is 1. The number of hydrogen-bond donors (Lipinski definition) is 1. The van der Waals surface area contributed by atoms with E-state index in [0.717, 1.165) is 29.6 Å². The van der Waals surface area contributed by atoms with Gasteiger partial charge in [0.25, 0.3) is 5.91 Å². The van der Waals surface area contributed by atoms with Crippen LogP contribution in [-0.2, 0) is 0 Å². The Morgan fingerprint density at radius 1 is 1.09 bits per heavy atom. The number of para-hydroxylation sites is 1. The van der Waals surface area contributed by atoms with E-state index in [2.05, 4.69) is 32.3 Å². The Morgan fingerprint density at radius 3 is 2.74 bits per heavy atom. The van der Waals surface area contributed by atoms with E-state index in [4.69, 9.17) is 0 Å². The molecule has 0 atom stereocenters. The van der Waals surface area contributed by atoms with E-state index >= 15 is 0 Å². The fraction of sp³-hybridized carbons (Fsp3) is 0. The lowest BCUT2D eigenvalue weighted by atomic mass is 10.3. The van der Waals surface area contributed by atoms with E-state index in [1.807, 2.05) is 41.8 Å². The Hall–Kier alpha value is -1.54. The normalized spacial score (nSPS) is 11.0. The number of nitrogens with one attached hydrogen (secondary N) is 1. The molecule has 1 aromatic carbocycles. The summed E-state index contributed by atoms with van der Waals surface area (Å²) in [5, 5.41) is 6.73. The predicted octanol–water partition coefficient (Wildman–Crippen LogP) is 6.10. The summed E-state index contributed by atoms with van der Waals surface area (Å²) in [6, 6.07) is 13.7. The van der Waals surface area contributed by atoms with Crippen molar-refractivity contribution in [2.75, 3.05) is 5.32 Å². The Labute approximate surface area is 152 Å². The molecule has 0 radical (unpaired) electrons. The number of aromatic nitrogens is 1. The van der Waals surface area contributed by atoms with Gasteiger partial charge in [-0.25, -0.2) is 4.98 Å². The first-order valence-electron chi connectivity index (χ1n) is 6.71. The predicted molar refractivity (Wildman–Crippen MR) is 103 cm³/mol. The highest BCUT2D eigenvalue weighted by Crippen LogP contribution is 2.38. The maximum absolute atomic E-state index is 12.3. The van der Waals surface area contributed by atoms with Gasteiger partial charge in [-0.2, -0.15) is 0 Å². The van der Waals surface area contributed by atoms with Gasteiger partial charge in [-0.1, -0.05) is 12.1 Å². The standard InChI is InChI=1S/C16H9BrN2OS3/c17-13-6-5-12(22-13)14(20)19-15-9(7-8-21-15)16-18-10-3-1-2-4-11(10)23-16/h1-8H,(H,19,20). The van der Waals surface area contributed by atoms with E-state index in [-0.39, 0.29) is 5.91 Å². The average molecular weight is 421 g/mol. The lowest BCUT2D eigenvalue weighted by molar-refractivity contribution is 0.103. The zero-order chi connectivity index (χ0) is 15.8. The second kappa shape index (κ2) is 6.16. The molecule has 3 nitrogen and oxygen atoms in total. The molecule has 0 aliphatic rings. The van der Waals surface area contributed by atoms with Crippen LogP contribution in [0.4, 0.5) is 5.00 Å². The molecule has 0 aliphatic heterocycles. The van der Waals surface area contributed by atoms with Crippen molar-refractivity contribution in [1.29, 1.82) is 0 Å². The molecule has 4 aromatic rings. The van der Waals surface area contributed by atoms with Gasteiger partial charge in [-0.3, -0.25) is 4.79 Å². The SMILES string of the molecule is O=C(Nc1sccc1-c1nc2ccccc2s1)c1ccc(Br)s1. The number of thiazole rings is 1. The van der Waals surface area contributed by atoms with E-state index in [1.165, 1.54) is 22.7 Å². The number of fused-ring (bicyclic) bond motifs is 1. The van der Waals surface area contributed by atoms with Crippen LogP contribution >= 0.6 is 49.9 Å². The Kier molecular flexibility index (Phi) is 4.02. The number of anilines is 1. The lowest BCUT2D eigenvalue weighted by Crippen LogP contribution is -2.09. The molecule has 0 fully saturated rings. The van der Waals surface area contributed by atoms with Crippen molar-refractivity contribution in [3.63, 3.8) is 0 Å². The summed E-state index contributed by atoms with van der Waals surface area (Å²) in [6.07, 6.45) is 0. The Morgan fingerprint density at radius 2 is 1.96 bits per heavy atom. The third-order valence-electron chi connectivity index (χ3n) is 3.21. The monoisotopic (exact) mass is 420 g/mol. The highest BCUT2D eigenvalue weighted by Gasteiger charge is 2.15. The van der Waals surface area contributed by atoms with Gasteiger partial charge >= 0.3 is 0 Å². The molecule has 0 saturated carbocycles. The van der Waals surface area contributed by atoms with Crippen molar-refractivity contribution in [1.82, 2.24) is 4.98 Å². The molecule has 23 heavy (non-hydrogen) atoms. The summed E-state index contributed by atoms with van der Waals surface area (Å²) < 4.78 is 2.09. The van der Waals surface area contributed by atoms with Crippen molar-refractivity contribution in [2.45, 2.75) is 0 Å². The fourth-order valence-corrected chi connectivity index (χ4v) is 5.29. The van der Waals surface area contributed by atoms with E-state index < -0.39 is 0 Å². The number of carbonyl (C=O) groups excluding carboxylic acids is 1. The molecule has 0 spiro atoms. The van der Waals surface area contributed by atoms with Crippen LogP contribution in [0.1, 0.15) is 9.67 Å². The number of benzene rings is 1. The molecule has 0 saturated heterocycles. The van der Waals surface area contributed by atoms with Gasteiger partial charge in [0.2, 0.25) is 0 Å². The molecule has 1 amide bonds. The Bertz CT molecular complexity index is 969. The van der Waals surface area contributed by atoms with Gasteiger partial charge in [0.15, 0.2) is 0 Å². The molecule has 3 aromatic heterocycles. The van der Waals surface area contributed by atoms with Gasteiger partial charge < -0.3 is 5.32 Å². The average Bonchev–Trinajstić information content (AvgIpc) is 3.25. The highest BCUT2D eigenvalue weighted by molar-refractivity contribution is 9.11. The van der Waals surface area contributed by atoms with Crippen LogP contribution in [0.5, 0.6) is 0 Å². The maximum Gasteiger partial charge on any atom is 0.266 e. The van der Waals surface area contributed by atoms with E-state index in [9.17, 15) is 4.79 Å². The van der Waals surface area contributed by atoms with Gasteiger partial charge in [0, 0.05) is 5.56 Å². The number of thiophene rings is 2. The van der Waals surface area contributed by atoms with Crippen LogP contribution in [0.2, 0.25) is 0 Å². The highest BCUT2D eigenvalue weighted by atomic mass is 79.9. The molecule has 4 rings (SSSR count). The van der Waals surface area contributed by atoms with Crippen LogP contribution in [0.25, 0.3) is 20.8 Å². The lowest BCUT2D eigenvalue weighted by Gasteiger charge is -2.02. The summed E-state index contributed by atoms with van der Waals surface area (Å²) >= 11 is 7.95. The van der Waals surface area contributed by atoms with Crippen molar-refractivity contribution in [3.05, 3.63) is 56.5 Å². The summed E-state index contributed by atoms with van der Waals surface area (Å²) in [7, 11) is 0. The molecule has 7 heteroatoms. The van der Waals surface area contributed by atoms with Crippen molar-refractivity contribution >= 4 is 71.1 Å². The number of hydrogen-bond acceptors (Lipinski definition) is 5. The molecule has 1 N–H and O–H groups in total. The van der Waals surface area contributed by atoms with Gasteiger partial charge in [0.1, 0.15) is 10.0 Å². The van der Waals surface area contributed by atoms with Gasteiger partial charge in [0.05, 0.1) is 18.9 Å². The first kappa shape index (κ1) is 15.0. The molecule has 0 aliphatic carbocycles. The second-order valence-electron chi connectivity index (χ2n) is 4.71. The number of rotatable bonds is 3. The zero-order valence-corrected chi connectivity index (χ0v) is 15.6. The summed E-state index contributed by atoms with van der Waals surface area (Å²) in [5.41, 5.74) is 1.96. The molecule has 3 heterocycles. The summed E-state index contributed by atoms with van der Waals surface area (Å²) in [4.78, 5) is 17.7. The van der Waals surface area contributed by atoms with Crippen LogP contribution < -0.4 is 5.32 Å². The maximum atomic E-state index is 12.3. The molecule has 114 valence electrons. The first-order valence-corrected chi connectivity index (χ1v) is 10.0. The van der Waals surface area contributed by atoms with Crippen LogP contribution in [0.3, 0.4) is 0 Å². The third-order valence-corrected chi connectivity index (χ3v) is 6.74. The van der Waals surface area contributed by atoms with Gasteiger partial charge in [-0.15, -0.1) is 34.0 Å². The minimum atomic E-state index is -0.0921. The Balaban J connectivity index is 1.66. The zero-order valence-electron chi connectivity index (χ0n) is 11.6. The van der Waals surface area contributed by atoms with Gasteiger partial charge in [-0.05, 0) is 51.6 Å². The molecular weight excluding hydrogens is 412 g/mol. The number of nitrogens with zero attached hydrogens (tertiary/aromatic N) is 1. The van der Waals surface area contributed by atoms with E-state index in [1.54, 1.807) is 11.3 Å². The van der Waals surface area contributed by atoms with Crippen molar-refractivity contribution in [3.8, 4) is 10.6 Å². The van der Waals surface area contributed by atoms with E-state index in [0.29, 0.717) is 4.88 Å². The molecule has 0 bridgehead atoms. The van der Waals surface area contributed by atoms with Crippen LogP contribution in [0, 0.1) is 0 Å². The minimum Gasteiger partial charge on any atom is -0.312 e.